The summed E-state index contributed by atoms with van der Waals surface area (Å²) in [6.45, 7) is 8.60. The number of hydrogen-bond donors (Lipinski definition) is 1. The van der Waals surface area contributed by atoms with Crippen LogP contribution in [0, 0.1) is 0 Å². The Bertz CT molecular complexity index is 255. The summed E-state index contributed by atoms with van der Waals surface area (Å²) in [4.78, 5) is 4.29. The molecule has 1 heterocycles. The average molecular weight is 195 g/mol. The first-order valence-electron chi connectivity index (χ1n) is 5.51. The topological polar surface area (TPSA) is 29.9 Å². The fraction of sp³-hybridized carbons (Fsp3) is 0.727. The zero-order valence-corrected chi connectivity index (χ0v) is 9.45. The van der Waals surface area contributed by atoms with Crippen LogP contribution in [0.4, 0.5) is 0 Å². The van der Waals surface area contributed by atoms with Crippen molar-refractivity contribution in [1.29, 1.82) is 0 Å². The van der Waals surface area contributed by atoms with E-state index < -0.39 is 0 Å². The van der Waals surface area contributed by atoms with E-state index in [2.05, 4.69) is 41.8 Å². The predicted octanol–water partition coefficient (Wildman–Crippen LogP) is 1.83. The van der Waals surface area contributed by atoms with Gasteiger partial charge in [-0.15, -0.1) is 0 Å². The van der Waals surface area contributed by atoms with E-state index in [1.54, 1.807) is 0 Å². The van der Waals surface area contributed by atoms with Gasteiger partial charge in [0.15, 0.2) is 0 Å². The molecule has 80 valence electrons. The smallest absolute Gasteiger partial charge is 0.108 e. The number of nitrogens with one attached hydrogen (secondary N) is 1. The van der Waals surface area contributed by atoms with E-state index in [1.165, 1.54) is 12.2 Å². The van der Waals surface area contributed by atoms with Crippen LogP contribution in [0.5, 0.6) is 0 Å². The summed E-state index contributed by atoms with van der Waals surface area (Å²) < 4.78 is 2.22. The van der Waals surface area contributed by atoms with Crippen LogP contribution in [0.3, 0.4) is 0 Å². The first-order chi connectivity index (χ1) is 6.77. The van der Waals surface area contributed by atoms with Gasteiger partial charge in [0.25, 0.3) is 0 Å². The Hall–Kier alpha value is -0.830. The molecule has 0 saturated heterocycles. The normalized spacial score (nSPS) is 13.1. The molecule has 0 bridgehead atoms. The Morgan fingerprint density at radius 2 is 2.29 bits per heavy atom. The lowest BCUT2D eigenvalue weighted by Gasteiger charge is -2.12. The van der Waals surface area contributed by atoms with Gasteiger partial charge in [0.2, 0.25) is 0 Å². The minimum atomic E-state index is 0.614. The Balaban J connectivity index is 2.31. The first kappa shape index (κ1) is 11.2. The summed E-state index contributed by atoms with van der Waals surface area (Å²) in [7, 11) is 0. The van der Waals surface area contributed by atoms with Gasteiger partial charge in [-0.25, -0.2) is 4.98 Å². The van der Waals surface area contributed by atoms with E-state index in [4.69, 9.17) is 0 Å². The van der Waals surface area contributed by atoms with Gasteiger partial charge in [-0.1, -0.05) is 13.8 Å². The maximum absolute atomic E-state index is 4.29. The molecule has 0 aliphatic heterocycles. The molecule has 0 radical (unpaired) electrons. The van der Waals surface area contributed by atoms with Crippen LogP contribution >= 0.6 is 0 Å². The summed E-state index contributed by atoms with van der Waals surface area (Å²) in [5.74, 6) is 1.18. The molecule has 1 aromatic heterocycles. The Labute approximate surface area is 86.5 Å². The molecule has 0 amide bonds. The van der Waals surface area contributed by atoms with Crippen LogP contribution in [-0.2, 0) is 13.0 Å². The van der Waals surface area contributed by atoms with Crippen LogP contribution in [-0.4, -0.2) is 22.1 Å². The number of rotatable bonds is 6. The molecule has 3 heteroatoms. The Kier molecular flexibility index (Phi) is 4.66. The highest BCUT2D eigenvalue weighted by Crippen LogP contribution is 1.97. The van der Waals surface area contributed by atoms with E-state index in [1.807, 2.05) is 6.20 Å². The number of imidazole rings is 1. The summed E-state index contributed by atoms with van der Waals surface area (Å²) in [5, 5.41) is 3.47. The second-order valence-corrected chi connectivity index (χ2v) is 3.65. The largest absolute Gasteiger partial charge is 0.334 e. The lowest BCUT2D eigenvalue weighted by atomic mass is 10.2. The van der Waals surface area contributed by atoms with Crippen molar-refractivity contribution in [2.45, 2.75) is 46.2 Å². The molecular weight excluding hydrogens is 174 g/mol. The highest BCUT2D eigenvalue weighted by atomic mass is 15.1. The monoisotopic (exact) mass is 195 g/mol. The molecule has 0 aromatic carbocycles. The summed E-state index contributed by atoms with van der Waals surface area (Å²) >= 11 is 0. The standard InChI is InChI=1S/C11H21N3/c1-4-10(3)12-6-8-14-9-7-13-11(14)5-2/h7,9-10,12H,4-6,8H2,1-3H3. The van der Waals surface area contributed by atoms with Gasteiger partial charge < -0.3 is 9.88 Å². The number of aromatic nitrogens is 2. The summed E-state index contributed by atoms with van der Waals surface area (Å²) in [6, 6.07) is 0.614. The highest BCUT2D eigenvalue weighted by molar-refractivity contribution is 4.91. The fourth-order valence-corrected chi connectivity index (χ4v) is 1.43. The van der Waals surface area contributed by atoms with Crippen molar-refractivity contribution in [3.8, 4) is 0 Å². The van der Waals surface area contributed by atoms with Gasteiger partial charge in [-0.05, 0) is 13.3 Å². The summed E-state index contributed by atoms with van der Waals surface area (Å²) in [6.07, 6.45) is 6.13. The third-order valence-electron chi connectivity index (χ3n) is 2.58. The van der Waals surface area contributed by atoms with Gasteiger partial charge in [0, 0.05) is 37.9 Å². The second-order valence-electron chi connectivity index (χ2n) is 3.65. The molecule has 1 unspecified atom stereocenters. The molecule has 0 aliphatic carbocycles. The lowest BCUT2D eigenvalue weighted by molar-refractivity contribution is 0.499. The van der Waals surface area contributed by atoms with Crippen LogP contribution in [0.2, 0.25) is 0 Å². The highest BCUT2D eigenvalue weighted by Gasteiger charge is 2.00. The third kappa shape index (κ3) is 3.14. The van der Waals surface area contributed by atoms with E-state index in [0.717, 1.165) is 19.5 Å². The molecule has 1 rings (SSSR count). The quantitative estimate of drug-likeness (QED) is 0.750. The molecule has 3 nitrogen and oxygen atoms in total. The molecule has 1 N–H and O–H groups in total. The maximum atomic E-state index is 4.29. The van der Waals surface area contributed by atoms with Crippen molar-refractivity contribution >= 4 is 0 Å². The van der Waals surface area contributed by atoms with Crippen LogP contribution in [0.1, 0.15) is 33.0 Å². The zero-order valence-electron chi connectivity index (χ0n) is 9.45. The van der Waals surface area contributed by atoms with Gasteiger partial charge in [0.05, 0.1) is 0 Å². The van der Waals surface area contributed by atoms with Crippen molar-refractivity contribution < 1.29 is 0 Å². The number of aryl methyl sites for hydroxylation is 1. The molecule has 1 aromatic rings. The minimum Gasteiger partial charge on any atom is -0.334 e. The van der Waals surface area contributed by atoms with Gasteiger partial charge in [0.1, 0.15) is 5.82 Å². The van der Waals surface area contributed by atoms with Crippen molar-refractivity contribution in [3.05, 3.63) is 18.2 Å². The maximum Gasteiger partial charge on any atom is 0.108 e. The first-order valence-corrected chi connectivity index (χ1v) is 5.51. The van der Waals surface area contributed by atoms with Gasteiger partial charge >= 0.3 is 0 Å². The predicted molar refractivity (Wildman–Crippen MR) is 59.4 cm³/mol. The molecule has 0 spiro atoms. The molecule has 0 aliphatic rings. The van der Waals surface area contributed by atoms with E-state index >= 15 is 0 Å². The fourth-order valence-electron chi connectivity index (χ4n) is 1.43. The van der Waals surface area contributed by atoms with Crippen LogP contribution < -0.4 is 5.32 Å². The average Bonchev–Trinajstić information content (AvgIpc) is 2.65. The molecule has 1 atom stereocenters. The number of hydrogen-bond acceptors (Lipinski definition) is 2. The van der Waals surface area contributed by atoms with Crippen molar-refractivity contribution in [2.24, 2.45) is 0 Å². The van der Waals surface area contributed by atoms with Crippen molar-refractivity contribution in [2.75, 3.05) is 6.54 Å². The number of nitrogens with zero attached hydrogens (tertiary/aromatic N) is 2. The van der Waals surface area contributed by atoms with E-state index in [0.29, 0.717) is 6.04 Å². The Morgan fingerprint density at radius 1 is 1.50 bits per heavy atom. The molecule has 14 heavy (non-hydrogen) atoms. The third-order valence-corrected chi connectivity index (χ3v) is 2.58. The zero-order chi connectivity index (χ0) is 10.4. The van der Waals surface area contributed by atoms with Crippen LogP contribution in [0.25, 0.3) is 0 Å². The van der Waals surface area contributed by atoms with E-state index in [9.17, 15) is 0 Å². The van der Waals surface area contributed by atoms with Gasteiger partial charge in [-0.3, -0.25) is 0 Å². The second kappa shape index (κ2) is 5.81. The van der Waals surface area contributed by atoms with Gasteiger partial charge in [-0.2, -0.15) is 0 Å². The van der Waals surface area contributed by atoms with E-state index in [-0.39, 0.29) is 0 Å². The summed E-state index contributed by atoms with van der Waals surface area (Å²) in [5.41, 5.74) is 0. The van der Waals surface area contributed by atoms with Crippen molar-refractivity contribution in [3.63, 3.8) is 0 Å². The van der Waals surface area contributed by atoms with Crippen LogP contribution in [0.15, 0.2) is 12.4 Å². The molecule has 0 fully saturated rings. The minimum absolute atomic E-state index is 0.614. The Morgan fingerprint density at radius 3 is 2.93 bits per heavy atom. The van der Waals surface area contributed by atoms with Crippen molar-refractivity contribution in [1.82, 2.24) is 14.9 Å². The molecule has 0 saturated carbocycles. The lowest BCUT2D eigenvalue weighted by Crippen LogP contribution is -2.28. The SMILES string of the molecule is CCc1nccn1CCNC(C)CC. The molecular formula is C11H21N3.